The van der Waals surface area contributed by atoms with Crippen LogP contribution in [0.4, 0.5) is 5.13 Å². The van der Waals surface area contributed by atoms with E-state index in [1.54, 1.807) is 6.92 Å². The monoisotopic (exact) mass is 470 g/mol. The molecule has 0 aromatic carbocycles. The van der Waals surface area contributed by atoms with Crippen molar-refractivity contribution >= 4 is 51.5 Å². The van der Waals surface area contributed by atoms with Gasteiger partial charge in [-0.1, -0.05) is 54.3 Å². The molecule has 10 heteroatoms. The molecular weight excluding hydrogens is 447 g/mol. The molecule has 1 amide bonds. The van der Waals surface area contributed by atoms with Crippen LogP contribution in [-0.4, -0.2) is 46.1 Å². The SMILES string of the molecule is CCCCCc1nc(N2C[C@@H]3C(NC(=O)c4[nH]c(C)c(Cl)c4Cl)[C@@H]3C2)sc1C(=O)O. The van der Waals surface area contributed by atoms with E-state index in [0.717, 1.165) is 37.5 Å². The number of H-pyrrole nitrogens is 1. The maximum Gasteiger partial charge on any atom is 0.347 e. The number of fused-ring (bicyclic) bond motifs is 1. The first kappa shape index (κ1) is 21.5. The third-order valence-corrected chi connectivity index (χ3v) is 8.03. The lowest BCUT2D eigenvalue weighted by atomic mass is 10.1. The summed E-state index contributed by atoms with van der Waals surface area (Å²) in [6.45, 7) is 5.41. The Balaban J connectivity index is 1.37. The highest BCUT2D eigenvalue weighted by Crippen LogP contribution is 2.48. The van der Waals surface area contributed by atoms with Crippen LogP contribution < -0.4 is 10.2 Å². The maximum absolute atomic E-state index is 12.5. The van der Waals surface area contributed by atoms with Crippen LogP contribution in [0.3, 0.4) is 0 Å². The molecule has 2 aromatic heterocycles. The molecule has 3 heterocycles. The first-order chi connectivity index (χ1) is 14.3. The zero-order valence-corrected chi connectivity index (χ0v) is 19.1. The number of rotatable bonds is 8. The van der Waals surface area contributed by atoms with Crippen molar-refractivity contribution in [1.29, 1.82) is 0 Å². The van der Waals surface area contributed by atoms with Gasteiger partial charge in [-0.3, -0.25) is 4.79 Å². The molecule has 3 atom stereocenters. The normalized spacial score (nSPS) is 22.3. The van der Waals surface area contributed by atoms with Crippen LogP contribution in [0.25, 0.3) is 0 Å². The minimum absolute atomic E-state index is 0.0927. The number of hydrogen-bond acceptors (Lipinski definition) is 5. The van der Waals surface area contributed by atoms with Crippen LogP contribution in [0.15, 0.2) is 0 Å². The highest BCUT2D eigenvalue weighted by Gasteiger charge is 2.57. The molecule has 2 fully saturated rings. The summed E-state index contributed by atoms with van der Waals surface area (Å²) in [6.07, 6.45) is 3.80. The Morgan fingerprint density at radius 2 is 1.97 bits per heavy atom. The molecule has 4 rings (SSSR count). The molecule has 1 aliphatic heterocycles. The van der Waals surface area contributed by atoms with E-state index < -0.39 is 5.97 Å². The van der Waals surface area contributed by atoms with Gasteiger partial charge < -0.3 is 20.3 Å². The number of nitrogens with zero attached hydrogens (tertiary/aromatic N) is 2. The molecule has 0 radical (unpaired) electrons. The number of carboxylic acid groups (broad SMARTS) is 1. The average molecular weight is 471 g/mol. The van der Waals surface area contributed by atoms with E-state index in [9.17, 15) is 14.7 Å². The third kappa shape index (κ3) is 3.92. The molecule has 1 saturated carbocycles. The predicted molar refractivity (Wildman–Crippen MR) is 118 cm³/mol. The number of carboxylic acids is 1. The second-order valence-electron chi connectivity index (χ2n) is 8.02. The van der Waals surface area contributed by atoms with Crippen molar-refractivity contribution in [2.75, 3.05) is 18.0 Å². The molecule has 2 aliphatic rings. The molecule has 2 aromatic rings. The van der Waals surface area contributed by atoms with Gasteiger partial charge in [0, 0.05) is 36.7 Å². The molecule has 3 N–H and O–H groups in total. The number of hydrogen-bond donors (Lipinski definition) is 3. The van der Waals surface area contributed by atoms with Crippen LogP contribution in [0.1, 0.15) is 57.7 Å². The van der Waals surface area contributed by atoms with Crippen molar-refractivity contribution in [2.24, 2.45) is 11.8 Å². The maximum atomic E-state index is 12.5. The summed E-state index contributed by atoms with van der Waals surface area (Å²) in [5, 5.41) is 13.9. The van der Waals surface area contributed by atoms with E-state index in [1.807, 2.05) is 0 Å². The van der Waals surface area contributed by atoms with Crippen LogP contribution in [0, 0.1) is 18.8 Å². The predicted octanol–water partition coefficient (Wildman–Crippen LogP) is 4.38. The lowest BCUT2D eigenvalue weighted by molar-refractivity contribution is 0.0700. The summed E-state index contributed by atoms with van der Waals surface area (Å²) < 4.78 is 0. The number of thiazole rings is 1. The minimum Gasteiger partial charge on any atom is -0.477 e. The molecule has 0 spiro atoms. The number of unbranched alkanes of at least 4 members (excludes halogenated alkanes) is 2. The van der Waals surface area contributed by atoms with E-state index in [-0.39, 0.29) is 17.0 Å². The number of carbonyl (C=O) groups excluding carboxylic acids is 1. The number of carbonyl (C=O) groups is 2. The largest absolute Gasteiger partial charge is 0.477 e. The highest BCUT2D eigenvalue weighted by molar-refractivity contribution is 7.17. The second-order valence-corrected chi connectivity index (χ2v) is 9.75. The average Bonchev–Trinajstić information content (AvgIpc) is 3.09. The molecule has 1 saturated heterocycles. The molecule has 1 unspecified atom stereocenters. The summed E-state index contributed by atoms with van der Waals surface area (Å²) in [7, 11) is 0. The van der Waals surface area contributed by atoms with E-state index in [0.29, 0.717) is 45.2 Å². The van der Waals surface area contributed by atoms with Gasteiger partial charge >= 0.3 is 5.97 Å². The summed E-state index contributed by atoms with van der Waals surface area (Å²) in [5.74, 6) is -0.488. The third-order valence-electron chi connectivity index (χ3n) is 5.94. The first-order valence-electron chi connectivity index (χ1n) is 10.1. The van der Waals surface area contributed by atoms with Crippen molar-refractivity contribution in [3.63, 3.8) is 0 Å². The Morgan fingerprint density at radius 1 is 1.27 bits per heavy atom. The van der Waals surface area contributed by atoms with Crippen LogP contribution >= 0.6 is 34.5 Å². The number of amides is 1. The van der Waals surface area contributed by atoms with Crippen molar-refractivity contribution < 1.29 is 14.7 Å². The van der Waals surface area contributed by atoms with Gasteiger partial charge in [0.15, 0.2) is 5.13 Å². The van der Waals surface area contributed by atoms with Gasteiger partial charge in [0.05, 0.1) is 15.7 Å². The topological polar surface area (TPSA) is 98.3 Å². The Morgan fingerprint density at radius 3 is 2.53 bits per heavy atom. The Labute approximate surface area is 188 Å². The van der Waals surface area contributed by atoms with Crippen molar-refractivity contribution in [3.05, 3.63) is 32.0 Å². The van der Waals surface area contributed by atoms with Gasteiger partial charge in [0.2, 0.25) is 0 Å². The fraction of sp³-hybridized carbons (Fsp3) is 0.550. The Bertz CT molecular complexity index is 977. The Kier molecular flexibility index (Phi) is 6.01. The molecule has 7 nitrogen and oxygen atoms in total. The Hall–Kier alpha value is -1.77. The summed E-state index contributed by atoms with van der Waals surface area (Å²) >= 11 is 13.4. The van der Waals surface area contributed by atoms with Gasteiger partial charge in [-0.15, -0.1) is 0 Å². The number of anilines is 1. The zero-order chi connectivity index (χ0) is 21.6. The highest BCUT2D eigenvalue weighted by atomic mass is 35.5. The molecule has 0 bridgehead atoms. The number of nitrogens with one attached hydrogen (secondary N) is 2. The molecular formula is C20H24Cl2N4O3S. The lowest BCUT2D eigenvalue weighted by Gasteiger charge is -2.19. The summed E-state index contributed by atoms with van der Waals surface area (Å²) in [5.41, 5.74) is 1.65. The molecule has 162 valence electrons. The van der Waals surface area contributed by atoms with Crippen molar-refractivity contribution in [1.82, 2.24) is 15.3 Å². The number of aromatic amines is 1. The van der Waals surface area contributed by atoms with Crippen molar-refractivity contribution in [3.8, 4) is 0 Å². The fourth-order valence-corrected chi connectivity index (χ4v) is 5.59. The molecule has 30 heavy (non-hydrogen) atoms. The van der Waals surface area contributed by atoms with Gasteiger partial charge in [-0.05, 0) is 19.8 Å². The van der Waals surface area contributed by atoms with E-state index >= 15 is 0 Å². The van der Waals surface area contributed by atoms with Gasteiger partial charge in [0.1, 0.15) is 10.6 Å². The number of halogens is 2. The smallest absolute Gasteiger partial charge is 0.347 e. The van der Waals surface area contributed by atoms with Crippen LogP contribution in [-0.2, 0) is 6.42 Å². The standard InChI is InChI=1S/C20H24Cl2N4O3S/c1-3-4-5-6-12-17(19(28)29)30-20(24-12)26-7-10-11(8-26)15(10)25-18(27)16-14(22)13(21)9(2)23-16/h10-11,15,23H,3-8H2,1-2H3,(H,25,27)(H,28,29)/t10-,11+,15?. The fourth-order valence-electron chi connectivity index (χ4n) is 4.20. The zero-order valence-electron chi connectivity index (χ0n) is 16.8. The minimum atomic E-state index is -0.906. The summed E-state index contributed by atoms with van der Waals surface area (Å²) in [4.78, 5) is 34.2. The van der Waals surface area contributed by atoms with Crippen LogP contribution in [0.2, 0.25) is 10.0 Å². The van der Waals surface area contributed by atoms with Crippen LogP contribution in [0.5, 0.6) is 0 Å². The first-order valence-corrected chi connectivity index (χ1v) is 11.7. The quantitative estimate of drug-likeness (QED) is 0.497. The lowest BCUT2D eigenvalue weighted by Crippen LogP contribution is -2.34. The van der Waals surface area contributed by atoms with E-state index in [4.69, 9.17) is 23.2 Å². The van der Waals surface area contributed by atoms with E-state index in [2.05, 4.69) is 27.1 Å². The van der Waals surface area contributed by atoms with Gasteiger partial charge in [0.25, 0.3) is 5.91 Å². The van der Waals surface area contributed by atoms with Gasteiger partial charge in [-0.25, -0.2) is 9.78 Å². The van der Waals surface area contributed by atoms with Gasteiger partial charge in [-0.2, -0.15) is 0 Å². The molecule has 1 aliphatic carbocycles. The summed E-state index contributed by atoms with van der Waals surface area (Å²) in [6, 6.07) is 0.0927. The van der Waals surface area contributed by atoms with E-state index in [1.165, 1.54) is 11.3 Å². The number of aromatic nitrogens is 2. The number of piperidine rings is 1. The van der Waals surface area contributed by atoms with Crippen molar-refractivity contribution in [2.45, 2.75) is 45.6 Å². The number of aryl methyl sites for hydroxylation is 2. The number of aromatic carboxylic acids is 1. The second kappa shape index (κ2) is 8.40.